The van der Waals surface area contributed by atoms with Crippen molar-refractivity contribution in [1.29, 1.82) is 0 Å². The number of nitro groups is 1. The van der Waals surface area contributed by atoms with Crippen LogP contribution in [0.5, 0.6) is 5.75 Å². The van der Waals surface area contributed by atoms with E-state index in [1.54, 1.807) is 32.1 Å². The molecule has 6 heteroatoms. The first-order valence-corrected chi connectivity index (χ1v) is 5.76. The van der Waals surface area contributed by atoms with Crippen molar-refractivity contribution >= 4 is 11.5 Å². The average molecular weight is 264 g/mol. The molecule has 0 N–H and O–H groups in total. The molecule has 0 atom stereocenters. The van der Waals surface area contributed by atoms with Crippen LogP contribution in [-0.4, -0.2) is 36.3 Å². The predicted molar refractivity (Wildman–Crippen MR) is 71.4 cm³/mol. The van der Waals surface area contributed by atoms with E-state index in [2.05, 4.69) is 0 Å². The molecule has 1 aromatic carbocycles. The van der Waals surface area contributed by atoms with Crippen molar-refractivity contribution in [1.82, 2.24) is 4.90 Å². The molecule has 0 radical (unpaired) electrons. The van der Waals surface area contributed by atoms with Gasteiger partial charge in [0.05, 0.1) is 11.5 Å². The predicted octanol–water partition coefficient (Wildman–Crippen LogP) is 2.25. The Kier molecular flexibility index (Phi) is 5.05. The molecule has 102 valence electrons. The molecular formula is C13H16N2O4. The summed E-state index contributed by atoms with van der Waals surface area (Å²) in [6.07, 6.45) is 2.95. The number of nitro benzene ring substituents is 1. The molecule has 0 fully saturated rings. The van der Waals surface area contributed by atoms with Gasteiger partial charge in [0.15, 0.2) is 11.5 Å². The summed E-state index contributed by atoms with van der Waals surface area (Å²) < 4.78 is 5.15. The van der Waals surface area contributed by atoms with E-state index >= 15 is 0 Å². The summed E-state index contributed by atoms with van der Waals surface area (Å²) in [6.45, 7) is 2.07. The number of carbonyl (C=O) groups excluding carboxylic acids is 1. The maximum atomic E-state index is 11.8. The lowest BCUT2D eigenvalue weighted by Gasteiger charge is -2.06. The Hall–Kier alpha value is -2.37. The van der Waals surface area contributed by atoms with Crippen LogP contribution in [0.25, 0.3) is 0 Å². The maximum Gasteiger partial charge on any atom is 0.311 e. The van der Waals surface area contributed by atoms with Gasteiger partial charge in [-0.3, -0.25) is 14.9 Å². The lowest BCUT2D eigenvalue weighted by atomic mass is 10.1. The van der Waals surface area contributed by atoms with Crippen molar-refractivity contribution in [3.05, 3.63) is 46.2 Å². The topological polar surface area (TPSA) is 72.7 Å². The molecule has 0 aliphatic heterocycles. The molecule has 0 aromatic heterocycles. The fourth-order valence-corrected chi connectivity index (χ4v) is 1.40. The van der Waals surface area contributed by atoms with Crippen molar-refractivity contribution in [2.75, 3.05) is 20.7 Å². The molecule has 0 saturated carbocycles. The van der Waals surface area contributed by atoms with Gasteiger partial charge in [0.1, 0.15) is 0 Å². The summed E-state index contributed by atoms with van der Waals surface area (Å²) in [6, 6.07) is 4.19. The molecule has 1 rings (SSSR count). The molecule has 0 bridgehead atoms. The Morgan fingerprint density at radius 2 is 2.16 bits per heavy atom. The van der Waals surface area contributed by atoms with Crippen LogP contribution in [0, 0.1) is 10.1 Å². The highest BCUT2D eigenvalue weighted by atomic mass is 16.6. The minimum absolute atomic E-state index is 0.167. The lowest BCUT2D eigenvalue weighted by molar-refractivity contribution is -0.385. The van der Waals surface area contributed by atoms with E-state index in [0.717, 1.165) is 0 Å². The zero-order chi connectivity index (χ0) is 14.4. The van der Waals surface area contributed by atoms with Crippen LogP contribution in [0.15, 0.2) is 30.5 Å². The van der Waals surface area contributed by atoms with Crippen LogP contribution in [0.2, 0.25) is 0 Å². The summed E-state index contributed by atoms with van der Waals surface area (Å²) in [4.78, 5) is 23.9. The second-order valence-electron chi connectivity index (χ2n) is 4.02. The van der Waals surface area contributed by atoms with E-state index in [1.807, 2.05) is 0 Å². The molecule has 0 spiro atoms. The summed E-state index contributed by atoms with van der Waals surface area (Å²) in [5.41, 5.74) is 0.0548. The minimum Gasteiger partial charge on any atom is -0.487 e. The van der Waals surface area contributed by atoms with Gasteiger partial charge in [0.25, 0.3) is 0 Å². The Bertz CT molecular complexity index is 509. The van der Waals surface area contributed by atoms with Crippen LogP contribution in [0.4, 0.5) is 5.69 Å². The summed E-state index contributed by atoms with van der Waals surface area (Å²) in [5, 5.41) is 10.9. The Balaban J connectivity index is 3.08. The zero-order valence-electron chi connectivity index (χ0n) is 11.1. The highest BCUT2D eigenvalue weighted by molar-refractivity contribution is 6.05. The molecule has 0 unspecified atom stereocenters. The van der Waals surface area contributed by atoms with Gasteiger partial charge >= 0.3 is 5.69 Å². The van der Waals surface area contributed by atoms with Gasteiger partial charge in [-0.1, -0.05) is 0 Å². The molecule has 0 heterocycles. The first-order chi connectivity index (χ1) is 8.95. The van der Waals surface area contributed by atoms with E-state index in [0.29, 0.717) is 6.61 Å². The normalized spacial score (nSPS) is 10.5. The second-order valence-corrected chi connectivity index (χ2v) is 4.02. The lowest BCUT2D eigenvalue weighted by Crippen LogP contribution is -2.04. The number of nitrogens with zero attached hydrogens (tertiary/aromatic N) is 2. The van der Waals surface area contributed by atoms with Gasteiger partial charge in [0.2, 0.25) is 0 Å². The number of benzene rings is 1. The van der Waals surface area contributed by atoms with Crippen molar-refractivity contribution in [2.45, 2.75) is 6.92 Å². The Morgan fingerprint density at radius 1 is 1.47 bits per heavy atom. The van der Waals surface area contributed by atoms with E-state index in [1.165, 1.54) is 24.3 Å². The summed E-state index contributed by atoms with van der Waals surface area (Å²) in [7, 11) is 3.56. The monoisotopic (exact) mass is 264 g/mol. The minimum atomic E-state index is -0.558. The number of carbonyl (C=O) groups is 1. The second kappa shape index (κ2) is 6.53. The number of ketones is 1. The first-order valence-electron chi connectivity index (χ1n) is 5.76. The van der Waals surface area contributed by atoms with Crippen molar-refractivity contribution in [3.63, 3.8) is 0 Å². The van der Waals surface area contributed by atoms with Gasteiger partial charge < -0.3 is 9.64 Å². The van der Waals surface area contributed by atoms with E-state index < -0.39 is 4.92 Å². The number of hydrogen-bond donors (Lipinski definition) is 0. The smallest absolute Gasteiger partial charge is 0.311 e. The Morgan fingerprint density at radius 3 is 2.68 bits per heavy atom. The average Bonchev–Trinajstić information content (AvgIpc) is 2.36. The molecule has 6 nitrogen and oxygen atoms in total. The Labute approximate surface area is 111 Å². The summed E-state index contributed by atoms with van der Waals surface area (Å²) >= 11 is 0. The number of hydrogen-bond acceptors (Lipinski definition) is 5. The van der Waals surface area contributed by atoms with Crippen molar-refractivity contribution in [2.24, 2.45) is 0 Å². The molecule has 0 aliphatic carbocycles. The SMILES string of the molecule is CCOc1ccc(C(=O)/C=C/N(C)C)cc1[N+](=O)[O-]. The van der Waals surface area contributed by atoms with Crippen LogP contribution in [-0.2, 0) is 0 Å². The van der Waals surface area contributed by atoms with Crippen LogP contribution >= 0.6 is 0 Å². The fourth-order valence-electron chi connectivity index (χ4n) is 1.40. The largest absolute Gasteiger partial charge is 0.487 e. The van der Waals surface area contributed by atoms with Crippen LogP contribution in [0.3, 0.4) is 0 Å². The van der Waals surface area contributed by atoms with Gasteiger partial charge in [-0.2, -0.15) is 0 Å². The van der Waals surface area contributed by atoms with Gasteiger partial charge in [-0.05, 0) is 19.1 Å². The first kappa shape index (κ1) is 14.7. The highest BCUT2D eigenvalue weighted by Gasteiger charge is 2.17. The maximum absolute atomic E-state index is 11.8. The number of ether oxygens (including phenoxy) is 1. The molecule has 0 saturated heterocycles. The van der Waals surface area contributed by atoms with Crippen LogP contribution < -0.4 is 4.74 Å². The van der Waals surface area contributed by atoms with Crippen molar-refractivity contribution in [3.8, 4) is 5.75 Å². The quantitative estimate of drug-likeness (QED) is 0.341. The van der Waals surface area contributed by atoms with Gasteiger partial charge in [-0.25, -0.2) is 0 Å². The summed E-state index contributed by atoms with van der Waals surface area (Å²) in [5.74, 6) is -0.125. The molecule has 19 heavy (non-hydrogen) atoms. The van der Waals surface area contributed by atoms with E-state index in [9.17, 15) is 14.9 Å². The third kappa shape index (κ3) is 4.09. The number of allylic oxidation sites excluding steroid dienone is 1. The zero-order valence-corrected chi connectivity index (χ0v) is 11.1. The van der Waals surface area contributed by atoms with Crippen molar-refractivity contribution < 1.29 is 14.5 Å². The van der Waals surface area contributed by atoms with E-state index in [-0.39, 0.29) is 22.8 Å². The molecular weight excluding hydrogens is 248 g/mol. The molecule has 0 amide bonds. The number of rotatable bonds is 6. The van der Waals surface area contributed by atoms with E-state index in [4.69, 9.17) is 4.74 Å². The third-order valence-corrected chi connectivity index (χ3v) is 2.26. The third-order valence-electron chi connectivity index (χ3n) is 2.26. The van der Waals surface area contributed by atoms with Gasteiger partial charge in [-0.15, -0.1) is 0 Å². The highest BCUT2D eigenvalue weighted by Crippen LogP contribution is 2.28. The standard InChI is InChI=1S/C13H16N2O4/c1-4-19-13-6-5-10(9-11(13)15(17)18)12(16)7-8-14(2)3/h5-9H,4H2,1-3H3/b8-7+. The van der Waals surface area contributed by atoms with Crippen LogP contribution in [0.1, 0.15) is 17.3 Å². The molecule has 1 aromatic rings. The molecule has 0 aliphatic rings. The fraction of sp³-hybridized carbons (Fsp3) is 0.308. The van der Waals surface area contributed by atoms with Gasteiger partial charge in [0, 0.05) is 38.0 Å².